The van der Waals surface area contributed by atoms with E-state index in [1.807, 2.05) is 20.8 Å². The van der Waals surface area contributed by atoms with Crippen molar-refractivity contribution < 1.29 is 125 Å². The van der Waals surface area contributed by atoms with Gasteiger partial charge in [0, 0.05) is 0 Å². The van der Waals surface area contributed by atoms with E-state index in [0.717, 1.165) is 0 Å². The summed E-state index contributed by atoms with van der Waals surface area (Å²) in [4.78, 5) is 4.83. The summed E-state index contributed by atoms with van der Waals surface area (Å²) in [6.45, 7) is 15.6. The molecule has 8 rings (SSSR count). The molecule has 4 aliphatic heterocycles. The van der Waals surface area contributed by atoms with Gasteiger partial charge in [0.1, 0.15) is 97.7 Å². The van der Waals surface area contributed by atoms with Crippen LogP contribution in [-0.2, 0) is 42.8 Å². The Hall–Kier alpha value is -1.26. The van der Waals surface area contributed by atoms with E-state index >= 15 is 0 Å². The average Bonchev–Trinajstić information content (AvgIpc) is 3.42. The predicted octanol–water partition coefficient (Wildman–Crippen LogP) is -3.12. The summed E-state index contributed by atoms with van der Waals surface area (Å²) in [5.41, 5.74) is -3.34. The van der Waals surface area contributed by atoms with Crippen molar-refractivity contribution in [3.63, 3.8) is 0 Å². The summed E-state index contributed by atoms with van der Waals surface area (Å²) >= 11 is 0. The molecule has 4 aliphatic carbocycles. The molecule has 4 unspecified atom stereocenters. The quantitative estimate of drug-likeness (QED) is 0.0296. The van der Waals surface area contributed by atoms with E-state index in [0.29, 0.717) is 37.7 Å². The largest absolute Gasteiger partial charge is 0.394 e. The van der Waals surface area contributed by atoms with Gasteiger partial charge < -0.3 is 114 Å². The highest BCUT2D eigenvalue weighted by Gasteiger charge is 2.73. The Balaban J connectivity index is 1.04. The monoisotopic (exact) mass is 1130 g/mol. The van der Waals surface area contributed by atoms with Crippen molar-refractivity contribution >= 4 is 0 Å². The molecule has 0 aromatic carbocycles. The zero-order valence-electron chi connectivity index (χ0n) is 45.6. The fraction of sp³-hybridized carbons (Fsp3) is 0.962. The van der Waals surface area contributed by atoms with E-state index in [4.69, 9.17) is 42.8 Å². The van der Waals surface area contributed by atoms with Gasteiger partial charge in [-0.25, -0.2) is 4.89 Å². The van der Waals surface area contributed by atoms with Crippen molar-refractivity contribution in [2.24, 2.45) is 45.3 Å². The summed E-state index contributed by atoms with van der Waals surface area (Å²) in [6.07, 6.45) is -31.7. The zero-order chi connectivity index (χ0) is 57.5. The molecule has 0 radical (unpaired) electrons. The first-order valence-electron chi connectivity index (χ1n) is 27.7. The maximum absolute atomic E-state index is 12.9. The fourth-order valence-corrected chi connectivity index (χ4v) is 16.3. The van der Waals surface area contributed by atoms with Gasteiger partial charge in [-0.1, -0.05) is 41.2 Å². The number of hydrogen-bond donors (Lipinski definition) is 16. The van der Waals surface area contributed by atoms with E-state index in [1.165, 1.54) is 0 Å². The van der Waals surface area contributed by atoms with Crippen LogP contribution in [-0.4, -0.2) is 255 Å². The molecule has 0 amide bonds. The highest BCUT2D eigenvalue weighted by molar-refractivity contribution is 5.21. The van der Waals surface area contributed by atoms with E-state index < -0.39 is 200 Å². The smallest absolute Gasteiger partial charge is 0.187 e. The third-order valence-electron chi connectivity index (χ3n) is 20.8. The molecule has 4 heterocycles. The first-order chi connectivity index (χ1) is 36.5. The molecule has 4 saturated carbocycles. The van der Waals surface area contributed by atoms with E-state index in [-0.39, 0.29) is 37.7 Å². The minimum atomic E-state index is -1.88. The second kappa shape index (κ2) is 23.7. The van der Waals surface area contributed by atoms with Crippen LogP contribution >= 0.6 is 0 Å². The van der Waals surface area contributed by atoms with Crippen LogP contribution in [0.4, 0.5) is 0 Å². The molecule has 8 fully saturated rings. The van der Waals surface area contributed by atoms with E-state index in [2.05, 4.69) is 27.4 Å². The Kier molecular flexibility index (Phi) is 19.0. The predicted molar refractivity (Wildman–Crippen MR) is 264 cm³/mol. The lowest BCUT2D eigenvalue weighted by Crippen LogP contribution is -2.70. The van der Waals surface area contributed by atoms with Crippen LogP contribution in [0.25, 0.3) is 0 Å². The number of aliphatic hydroxyl groups excluding tert-OH is 15. The maximum Gasteiger partial charge on any atom is 0.187 e. The van der Waals surface area contributed by atoms with Gasteiger partial charge in [-0.05, 0) is 116 Å². The highest BCUT2D eigenvalue weighted by atomic mass is 17.1. The Labute approximate surface area is 454 Å². The van der Waals surface area contributed by atoms with E-state index in [9.17, 15) is 81.9 Å². The summed E-state index contributed by atoms with van der Waals surface area (Å²) in [6, 6.07) is 0. The summed E-state index contributed by atoms with van der Waals surface area (Å²) in [7, 11) is 0. The first kappa shape index (κ1) is 62.8. The molecule has 16 N–H and O–H groups in total. The molecule has 452 valence electrons. The minimum Gasteiger partial charge on any atom is -0.394 e. The number of hydrogen-bond acceptors (Lipinski definition) is 25. The van der Waals surface area contributed by atoms with Crippen molar-refractivity contribution in [3.05, 3.63) is 12.2 Å². The second-order valence-electron chi connectivity index (χ2n) is 25.6. The standard InChI is InChI=1S/C53H90O25/c1-21(2)26(78-69)10-14-53(8,77-47-42(68)38(64)36(62)29(74-47)20-71-45-40(66)33(59)25(58)19-70-45)22-9-12-52(7)32(22)23(56)15-31-50(5)16-24(57)44(49(3,4)30(50)11-13-51(31,52)6)76-48-43(39(65)35(61)28(18-55)73-48)75-46-41(67)37(63)34(60)27(17-54)72-46/h22-48,54-69H,1,9-20H2,2-8H3/t22-,23+,24+,25+,26?,27+,28+,29+,30?,31?,32-,33-,34+,35+,36+,37-,38-,39-,40+,41+,42+,43+,44-,45-,46-,47-,48-,50-,51+,52+,53?/m0/s1. The van der Waals surface area contributed by atoms with Gasteiger partial charge in [-0.2, -0.15) is 0 Å². The van der Waals surface area contributed by atoms with Crippen molar-refractivity contribution in [1.82, 2.24) is 0 Å². The molecule has 25 heteroatoms. The molecular weight excluding hydrogens is 1040 g/mol. The summed E-state index contributed by atoms with van der Waals surface area (Å²) in [5, 5.41) is 174. The lowest BCUT2D eigenvalue weighted by atomic mass is 9.35. The second-order valence-corrected chi connectivity index (χ2v) is 25.6. The molecule has 25 nitrogen and oxygen atoms in total. The Morgan fingerprint density at radius 2 is 1.19 bits per heavy atom. The van der Waals surface area contributed by atoms with Crippen LogP contribution < -0.4 is 0 Å². The molecule has 31 atom stereocenters. The first-order valence-corrected chi connectivity index (χ1v) is 27.7. The summed E-state index contributed by atoms with van der Waals surface area (Å²) in [5.74, 6) is -1.24. The fourth-order valence-electron chi connectivity index (χ4n) is 16.3. The van der Waals surface area contributed by atoms with Crippen molar-refractivity contribution in [3.8, 4) is 0 Å². The van der Waals surface area contributed by atoms with Gasteiger partial charge in [-0.3, -0.25) is 5.26 Å². The Morgan fingerprint density at radius 1 is 0.628 bits per heavy atom. The molecule has 0 bridgehead atoms. The van der Waals surface area contributed by atoms with Gasteiger partial charge in [0.2, 0.25) is 0 Å². The van der Waals surface area contributed by atoms with Gasteiger partial charge in [0.25, 0.3) is 0 Å². The minimum absolute atomic E-state index is 0.166. The van der Waals surface area contributed by atoms with Gasteiger partial charge in [0.05, 0.1) is 50.3 Å². The zero-order valence-corrected chi connectivity index (χ0v) is 45.6. The molecule has 0 aromatic rings. The normalized spacial score (nSPS) is 52.6. The third-order valence-corrected chi connectivity index (χ3v) is 20.8. The van der Waals surface area contributed by atoms with Crippen LogP contribution in [0.1, 0.15) is 99.8 Å². The van der Waals surface area contributed by atoms with Crippen LogP contribution in [0.3, 0.4) is 0 Å². The SMILES string of the molecule is C=C(C)C(CCC(C)(O[C@@H]1O[C@H](CO[C@@H]2OC[C@@H](O)[C@H](O)[C@H]2O)[C@@H](O)[C@H](O)[C@H]1O)[C@H]1CC[C@]2(C)[C@@H]1[C@H](O)CC1[C@@]3(C)C[C@@H](O)[C@H](O[C@@H]4O[C@H](CO)[C@@H](O)[C@H](O)[C@H]4O[C@@H]4O[C@H](CO)[C@@H](O)[C@H](O)[C@H]4O)C(C)(C)C3CC[C@]12C)OO. The molecule has 8 aliphatic rings. The average molecular weight is 1130 g/mol. The van der Waals surface area contributed by atoms with Crippen LogP contribution in [0.2, 0.25) is 0 Å². The Bertz CT molecular complexity index is 2020. The maximum atomic E-state index is 12.9. The number of rotatable bonds is 17. The van der Waals surface area contributed by atoms with Crippen molar-refractivity contribution in [1.29, 1.82) is 0 Å². The van der Waals surface area contributed by atoms with Gasteiger partial charge >= 0.3 is 0 Å². The number of aliphatic hydroxyl groups is 15. The van der Waals surface area contributed by atoms with E-state index in [1.54, 1.807) is 6.92 Å². The molecule has 0 spiro atoms. The highest BCUT2D eigenvalue weighted by Crippen LogP contribution is 2.76. The third kappa shape index (κ3) is 10.8. The summed E-state index contributed by atoms with van der Waals surface area (Å²) < 4.78 is 48.3. The van der Waals surface area contributed by atoms with Crippen LogP contribution in [0.15, 0.2) is 12.2 Å². The van der Waals surface area contributed by atoms with Gasteiger partial charge in [-0.15, -0.1) is 0 Å². The number of ether oxygens (including phenoxy) is 8. The van der Waals surface area contributed by atoms with Crippen molar-refractivity contribution in [2.75, 3.05) is 26.4 Å². The molecule has 78 heavy (non-hydrogen) atoms. The lowest BCUT2D eigenvalue weighted by Gasteiger charge is -2.71. The molecule has 4 saturated heterocycles. The Morgan fingerprint density at radius 3 is 1.81 bits per heavy atom. The van der Waals surface area contributed by atoms with Gasteiger partial charge in [0.15, 0.2) is 25.2 Å². The molecule has 0 aromatic heterocycles. The van der Waals surface area contributed by atoms with Crippen LogP contribution in [0.5, 0.6) is 0 Å². The number of fused-ring (bicyclic) bond motifs is 5. The van der Waals surface area contributed by atoms with Crippen molar-refractivity contribution in [2.45, 2.75) is 247 Å². The topological polar surface area (TPSA) is 407 Å². The lowest BCUT2D eigenvalue weighted by molar-refractivity contribution is -0.383. The molecular formula is C53H90O25. The van der Waals surface area contributed by atoms with Crippen LogP contribution in [0, 0.1) is 45.3 Å².